The number of methoxy groups -OCH3 is 1. The van der Waals surface area contributed by atoms with Gasteiger partial charge in [0.2, 0.25) is 0 Å². The van der Waals surface area contributed by atoms with E-state index < -0.39 is 61.3 Å². The van der Waals surface area contributed by atoms with Crippen LogP contribution in [0.2, 0.25) is 0 Å². The normalized spacial score (nSPS) is 28.7. The van der Waals surface area contributed by atoms with E-state index in [2.05, 4.69) is 0 Å². The van der Waals surface area contributed by atoms with Gasteiger partial charge in [-0.15, -0.1) is 0 Å². The highest BCUT2D eigenvalue weighted by atomic mass is 16.7. The molecule has 0 aliphatic carbocycles. The van der Waals surface area contributed by atoms with Gasteiger partial charge in [0.05, 0.1) is 46.2 Å². The lowest BCUT2D eigenvalue weighted by Gasteiger charge is -2.45. The molecule has 0 amide bonds. The maximum Gasteiger partial charge on any atom is 0.337 e. The van der Waals surface area contributed by atoms with Gasteiger partial charge >= 0.3 is 5.97 Å². The zero-order valence-corrected chi connectivity index (χ0v) is 29.9. The minimum Gasteiger partial charge on any atom is -0.467 e. The third-order valence-electron chi connectivity index (χ3n) is 9.52. The Bertz CT molecular complexity index is 1650. The van der Waals surface area contributed by atoms with Crippen molar-refractivity contribution < 1.29 is 52.9 Å². The highest BCUT2D eigenvalue weighted by Gasteiger charge is 2.52. The minimum absolute atomic E-state index is 0.127. The van der Waals surface area contributed by atoms with Gasteiger partial charge in [-0.3, -0.25) is 0 Å². The van der Waals surface area contributed by atoms with Gasteiger partial charge in [0.25, 0.3) is 0 Å². The van der Waals surface area contributed by atoms with Crippen LogP contribution in [0.15, 0.2) is 121 Å². The van der Waals surface area contributed by atoms with E-state index in [-0.39, 0.29) is 39.0 Å². The monoisotopic (exact) mass is 728 g/mol. The SMILES string of the molecule is COC(=O)C1O[C@H](OCC2O[C@H](O)C(OCc3ccccc3)C(C)[C@@H]2OCc2ccccc2)C(OCc2ccccc2)C(OCc2ccccc2)[C@@H]1O. The number of esters is 1. The first kappa shape index (κ1) is 38.7. The molecule has 2 heterocycles. The summed E-state index contributed by atoms with van der Waals surface area (Å²) >= 11 is 0. The number of carbonyl (C=O) groups excluding carboxylic acids is 1. The first-order valence-corrected chi connectivity index (χ1v) is 17.9. The van der Waals surface area contributed by atoms with Crippen LogP contribution in [0, 0.1) is 5.92 Å². The lowest BCUT2D eigenvalue weighted by molar-refractivity contribution is -0.333. The van der Waals surface area contributed by atoms with Crippen molar-refractivity contribution in [2.45, 2.75) is 88.7 Å². The number of hydrogen-bond acceptors (Lipinski definition) is 11. The topological polar surface area (TPSA) is 131 Å². The first-order valence-electron chi connectivity index (χ1n) is 17.9. The van der Waals surface area contributed by atoms with E-state index in [9.17, 15) is 15.0 Å². The van der Waals surface area contributed by atoms with E-state index in [1.165, 1.54) is 7.11 Å². The second-order valence-electron chi connectivity index (χ2n) is 13.2. The van der Waals surface area contributed by atoms with Crippen LogP contribution >= 0.6 is 0 Å². The number of carbonyl (C=O) groups is 1. The molecule has 0 saturated carbocycles. The van der Waals surface area contributed by atoms with Crippen LogP contribution in [-0.4, -0.2) is 85.2 Å². The summed E-state index contributed by atoms with van der Waals surface area (Å²) in [5.41, 5.74) is 3.66. The Morgan fingerprint density at radius 1 is 0.566 bits per heavy atom. The molecular formula is C42H48O11. The number of hydrogen-bond donors (Lipinski definition) is 2. The van der Waals surface area contributed by atoms with Crippen molar-refractivity contribution >= 4 is 5.97 Å². The van der Waals surface area contributed by atoms with Crippen molar-refractivity contribution in [2.24, 2.45) is 5.92 Å². The zero-order valence-electron chi connectivity index (χ0n) is 29.9. The summed E-state index contributed by atoms with van der Waals surface area (Å²) in [6, 6.07) is 38.5. The summed E-state index contributed by atoms with van der Waals surface area (Å²) < 4.78 is 49.1. The van der Waals surface area contributed by atoms with E-state index in [4.69, 9.17) is 37.9 Å². The second kappa shape index (κ2) is 19.4. The Labute approximate surface area is 310 Å². The van der Waals surface area contributed by atoms with Gasteiger partial charge in [-0.25, -0.2) is 4.79 Å². The lowest BCUT2D eigenvalue weighted by Crippen LogP contribution is -2.63. The molecule has 53 heavy (non-hydrogen) atoms. The van der Waals surface area contributed by atoms with Crippen molar-refractivity contribution in [1.29, 1.82) is 0 Å². The van der Waals surface area contributed by atoms with Gasteiger partial charge in [0, 0.05) is 5.92 Å². The number of aliphatic hydroxyl groups is 2. The maximum atomic E-state index is 12.9. The summed E-state index contributed by atoms with van der Waals surface area (Å²) in [5.74, 6) is -1.12. The fraction of sp³-hybridized carbons (Fsp3) is 0.405. The highest BCUT2D eigenvalue weighted by molar-refractivity contribution is 5.75. The molecule has 2 N–H and O–H groups in total. The number of benzene rings is 4. The average Bonchev–Trinajstić information content (AvgIpc) is 3.20. The van der Waals surface area contributed by atoms with Gasteiger partial charge in [-0.2, -0.15) is 0 Å². The third kappa shape index (κ3) is 10.4. The van der Waals surface area contributed by atoms with Crippen molar-refractivity contribution in [1.82, 2.24) is 0 Å². The zero-order chi connectivity index (χ0) is 37.0. The van der Waals surface area contributed by atoms with Crippen LogP contribution in [0.5, 0.6) is 0 Å². The fourth-order valence-electron chi connectivity index (χ4n) is 6.64. The number of aliphatic hydroxyl groups excluding tert-OH is 2. The molecule has 4 aromatic carbocycles. The molecule has 6 rings (SSSR count). The Morgan fingerprint density at radius 2 is 0.981 bits per heavy atom. The molecule has 11 heteroatoms. The van der Waals surface area contributed by atoms with Crippen LogP contribution in [0.4, 0.5) is 0 Å². The van der Waals surface area contributed by atoms with Crippen LogP contribution < -0.4 is 0 Å². The molecule has 0 aromatic heterocycles. The van der Waals surface area contributed by atoms with E-state index >= 15 is 0 Å². The molecule has 11 nitrogen and oxygen atoms in total. The van der Waals surface area contributed by atoms with Gasteiger partial charge in [-0.05, 0) is 22.3 Å². The van der Waals surface area contributed by atoms with Crippen LogP contribution in [0.25, 0.3) is 0 Å². The van der Waals surface area contributed by atoms with Gasteiger partial charge in [0.1, 0.15) is 30.5 Å². The summed E-state index contributed by atoms with van der Waals surface area (Å²) in [6.45, 7) is 2.66. The summed E-state index contributed by atoms with van der Waals surface area (Å²) in [5, 5.41) is 22.7. The Morgan fingerprint density at radius 3 is 1.43 bits per heavy atom. The molecule has 6 unspecified atom stereocenters. The molecule has 0 bridgehead atoms. The Balaban J connectivity index is 1.23. The average molecular weight is 729 g/mol. The van der Waals surface area contributed by atoms with Gasteiger partial charge in [-0.1, -0.05) is 128 Å². The standard InChI is InChI=1S/C42H48O11/c1-28-35(47-23-29-15-7-3-8-16-29)33(52-41(45)36(28)48-24-30-17-9-4-10-18-30)27-51-42-39(50-26-32-21-13-6-14-22-32)37(34(43)38(53-42)40(44)46-2)49-25-31-19-11-5-12-20-31/h3-22,28,33-39,41-43,45H,23-27H2,1-2H3/t28?,33?,34-,35-,36?,37?,38?,39?,41-,42-/m0/s1. The molecule has 2 fully saturated rings. The maximum absolute atomic E-state index is 12.9. The van der Waals surface area contributed by atoms with Crippen LogP contribution in [0.1, 0.15) is 29.2 Å². The molecule has 2 aliphatic heterocycles. The van der Waals surface area contributed by atoms with Crippen LogP contribution in [-0.2, 0) is 69.1 Å². The minimum atomic E-state index is -1.44. The number of rotatable bonds is 16. The Hall–Kier alpha value is -4.01. The highest BCUT2D eigenvalue weighted by Crippen LogP contribution is 2.34. The molecule has 0 radical (unpaired) electrons. The predicted molar refractivity (Wildman–Crippen MR) is 193 cm³/mol. The third-order valence-corrected chi connectivity index (χ3v) is 9.52. The molecule has 4 aromatic rings. The second-order valence-corrected chi connectivity index (χ2v) is 13.2. The molecule has 10 atom stereocenters. The summed E-state index contributed by atoms with van der Waals surface area (Å²) in [7, 11) is 1.22. The fourth-order valence-corrected chi connectivity index (χ4v) is 6.64. The van der Waals surface area contributed by atoms with Crippen molar-refractivity contribution in [3.8, 4) is 0 Å². The van der Waals surface area contributed by atoms with Crippen LogP contribution in [0.3, 0.4) is 0 Å². The van der Waals surface area contributed by atoms with E-state index in [0.717, 1.165) is 22.3 Å². The van der Waals surface area contributed by atoms with Gasteiger partial charge in [0.15, 0.2) is 18.7 Å². The summed E-state index contributed by atoms with van der Waals surface area (Å²) in [4.78, 5) is 12.9. The number of ether oxygens (including phenoxy) is 8. The van der Waals surface area contributed by atoms with Crippen molar-refractivity contribution in [3.63, 3.8) is 0 Å². The lowest BCUT2D eigenvalue weighted by atomic mass is 9.90. The summed E-state index contributed by atoms with van der Waals surface area (Å²) in [6.07, 6.45) is -9.50. The van der Waals surface area contributed by atoms with E-state index in [0.29, 0.717) is 0 Å². The molecular weight excluding hydrogens is 680 g/mol. The molecule has 282 valence electrons. The first-order chi connectivity index (χ1) is 25.9. The van der Waals surface area contributed by atoms with E-state index in [1.54, 1.807) is 0 Å². The largest absolute Gasteiger partial charge is 0.467 e. The molecule has 2 saturated heterocycles. The smallest absolute Gasteiger partial charge is 0.337 e. The quantitative estimate of drug-likeness (QED) is 0.152. The van der Waals surface area contributed by atoms with E-state index in [1.807, 2.05) is 128 Å². The molecule has 0 spiro atoms. The van der Waals surface area contributed by atoms with Crippen molar-refractivity contribution in [3.05, 3.63) is 144 Å². The molecule has 2 aliphatic rings. The Kier molecular flexibility index (Phi) is 14.1. The van der Waals surface area contributed by atoms with Gasteiger partial charge < -0.3 is 48.1 Å². The predicted octanol–water partition coefficient (Wildman–Crippen LogP) is 4.96. The van der Waals surface area contributed by atoms with Crippen molar-refractivity contribution in [2.75, 3.05) is 13.7 Å².